The normalized spacial score (nSPS) is 17.0. The number of halogens is 1. The summed E-state index contributed by atoms with van der Waals surface area (Å²) in [5, 5.41) is 17.0. The maximum Gasteiger partial charge on any atom is 0.222 e. The number of likely N-dealkylation sites (tertiary alicyclic amines) is 1. The van der Waals surface area contributed by atoms with E-state index in [0.717, 1.165) is 76.2 Å². The van der Waals surface area contributed by atoms with Gasteiger partial charge in [-0.15, -0.1) is 24.0 Å². The standard InChI is InChI=1S/C23H36N4O2.HI/c1-2-24-23(25-14-8-16-27-15-7-3-4-11-22(27)29)26-17-20-19-10-6-5-9-18(19)12-13-21(20)28;/h12-13,28H,2-11,14-17H2,1H3,(H2,24,25,26);1H. The molecule has 1 saturated heterocycles. The Kier molecular flexibility index (Phi) is 10.7. The van der Waals surface area contributed by atoms with E-state index in [2.05, 4.69) is 23.6 Å². The van der Waals surface area contributed by atoms with Crippen LogP contribution in [-0.2, 0) is 24.2 Å². The van der Waals surface area contributed by atoms with Crippen LogP contribution in [0.2, 0.25) is 0 Å². The predicted octanol–water partition coefficient (Wildman–Crippen LogP) is 3.74. The number of nitrogens with one attached hydrogen (secondary N) is 2. The van der Waals surface area contributed by atoms with Gasteiger partial charge >= 0.3 is 0 Å². The van der Waals surface area contributed by atoms with Gasteiger partial charge in [0.05, 0.1) is 6.54 Å². The van der Waals surface area contributed by atoms with Crippen molar-refractivity contribution in [2.75, 3.05) is 26.2 Å². The summed E-state index contributed by atoms with van der Waals surface area (Å²) >= 11 is 0. The molecule has 3 N–H and O–H groups in total. The van der Waals surface area contributed by atoms with Gasteiger partial charge in [-0.1, -0.05) is 12.5 Å². The number of guanidine groups is 1. The zero-order valence-electron chi connectivity index (χ0n) is 18.2. The number of hydrogen-bond donors (Lipinski definition) is 3. The SMILES string of the molecule is CCNC(=NCc1c(O)ccc2c1CCCC2)NCCCN1CCCCCC1=O.I. The number of phenolic OH excluding ortho intramolecular Hbond substituents is 1. The summed E-state index contributed by atoms with van der Waals surface area (Å²) in [5.74, 6) is 1.42. The van der Waals surface area contributed by atoms with Gasteiger partial charge < -0.3 is 20.6 Å². The summed E-state index contributed by atoms with van der Waals surface area (Å²) < 4.78 is 0. The van der Waals surface area contributed by atoms with E-state index in [1.165, 1.54) is 24.0 Å². The van der Waals surface area contributed by atoms with E-state index < -0.39 is 0 Å². The zero-order chi connectivity index (χ0) is 20.5. The van der Waals surface area contributed by atoms with Gasteiger partial charge in [-0.25, -0.2) is 4.99 Å². The molecular weight excluding hydrogens is 491 g/mol. The summed E-state index contributed by atoms with van der Waals surface area (Å²) in [6, 6.07) is 3.87. The molecule has 168 valence electrons. The molecule has 7 heteroatoms. The Morgan fingerprint density at radius 1 is 1.10 bits per heavy atom. The van der Waals surface area contributed by atoms with Crippen molar-refractivity contribution in [1.29, 1.82) is 0 Å². The first-order valence-electron chi connectivity index (χ1n) is 11.3. The van der Waals surface area contributed by atoms with E-state index in [4.69, 9.17) is 4.99 Å². The Labute approximate surface area is 197 Å². The molecule has 0 unspecified atom stereocenters. The lowest BCUT2D eigenvalue weighted by Gasteiger charge is -2.21. The minimum absolute atomic E-state index is 0. The van der Waals surface area contributed by atoms with E-state index in [-0.39, 0.29) is 24.0 Å². The number of phenols is 1. The van der Waals surface area contributed by atoms with Crippen molar-refractivity contribution in [3.8, 4) is 5.75 Å². The van der Waals surface area contributed by atoms with E-state index in [1.807, 2.05) is 11.0 Å². The second-order valence-corrected chi connectivity index (χ2v) is 8.07. The lowest BCUT2D eigenvalue weighted by molar-refractivity contribution is -0.130. The van der Waals surface area contributed by atoms with Crippen molar-refractivity contribution in [1.82, 2.24) is 15.5 Å². The van der Waals surface area contributed by atoms with Crippen molar-refractivity contribution >= 4 is 35.8 Å². The first kappa shape index (κ1) is 24.8. The average molecular weight is 528 g/mol. The molecule has 0 aromatic heterocycles. The van der Waals surface area contributed by atoms with Gasteiger partial charge in [0.1, 0.15) is 5.75 Å². The number of hydrogen-bond acceptors (Lipinski definition) is 3. The largest absolute Gasteiger partial charge is 0.508 e. The summed E-state index contributed by atoms with van der Waals surface area (Å²) in [5.41, 5.74) is 3.62. The third-order valence-corrected chi connectivity index (χ3v) is 5.93. The molecule has 1 aromatic rings. The summed E-state index contributed by atoms with van der Waals surface area (Å²) in [7, 11) is 0. The van der Waals surface area contributed by atoms with Crippen LogP contribution in [0.3, 0.4) is 0 Å². The zero-order valence-corrected chi connectivity index (χ0v) is 20.5. The molecule has 1 amide bonds. The van der Waals surface area contributed by atoms with Gasteiger partial charge in [-0.2, -0.15) is 0 Å². The Bertz CT molecular complexity index is 723. The van der Waals surface area contributed by atoms with Crippen LogP contribution < -0.4 is 10.6 Å². The molecule has 1 aromatic carbocycles. The topological polar surface area (TPSA) is 77.0 Å². The van der Waals surface area contributed by atoms with Crippen LogP contribution in [0.25, 0.3) is 0 Å². The van der Waals surface area contributed by atoms with E-state index >= 15 is 0 Å². The monoisotopic (exact) mass is 528 g/mol. The van der Waals surface area contributed by atoms with Crippen LogP contribution in [0.1, 0.15) is 68.6 Å². The molecule has 0 saturated carbocycles. The number of aryl methyl sites for hydroxylation is 1. The minimum atomic E-state index is 0. The summed E-state index contributed by atoms with van der Waals surface area (Å²) in [4.78, 5) is 18.8. The Hall–Kier alpha value is -1.51. The molecule has 0 spiro atoms. The minimum Gasteiger partial charge on any atom is -0.508 e. The van der Waals surface area contributed by atoms with Gasteiger partial charge in [-0.05, 0) is 69.1 Å². The number of carbonyl (C=O) groups is 1. The van der Waals surface area contributed by atoms with Crippen LogP contribution >= 0.6 is 24.0 Å². The van der Waals surface area contributed by atoms with E-state index in [9.17, 15) is 9.90 Å². The first-order valence-corrected chi connectivity index (χ1v) is 11.3. The van der Waals surface area contributed by atoms with Crippen LogP contribution in [-0.4, -0.2) is 48.1 Å². The number of nitrogens with zero attached hydrogens (tertiary/aromatic N) is 2. The van der Waals surface area contributed by atoms with Crippen LogP contribution in [0, 0.1) is 0 Å². The average Bonchev–Trinajstić information content (AvgIpc) is 2.94. The molecule has 30 heavy (non-hydrogen) atoms. The molecule has 6 nitrogen and oxygen atoms in total. The molecule has 0 bridgehead atoms. The Morgan fingerprint density at radius 3 is 2.73 bits per heavy atom. The van der Waals surface area contributed by atoms with Gasteiger partial charge in [0, 0.05) is 38.2 Å². The molecule has 3 rings (SSSR count). The highest BCUT2D eigenvalue weighted by atomic mass is 127. The number of aromatic hydroxyl groups is 1. The van der Waals surface area contributed by atoms with Gasteiger partial charge in [0.2, 0.25) is 5.91 Å². The second-order valence-electron chi connectivity index (χ2n) is 8.07. The van der Waals surface area contributed by atoms with E-state index in [0.29, 0.717) is 24.6 Å². The fourth-order valence-electron chi connectivity index (χ4n) is 4.32. The van der Waals surface area contributed by atoms with Crippen molar-refractivity contribution in [3.63, 3.8) is 0 Å². The highest BCUT2D eigenvalue weighted by Crippen LogP contribution is 2.31. The van der Waals surface area contributed by atoms with Crippen molar-refractivity contribution in [3.05, 3.63) is 28.8 Å². The highest BCUT2D eigenvalue weighted by molar-refractivity contribution is 14.0. The third-order valence-electron chi connectivity index (χ3n) is 5.93. The van der Waals surface area contributed by atoms with Gasteiger partial charge in [0.25, 0.3) is 0 Å². The molecule has 1 heterocycles. The lowest BCUT2D eigenvalue weighted by atomic mass is 9.88. The number of carbonyl (C=O) groups excluding carboxylic acids is 1. The summed E-state index contributed by atoms with van der Waals surface area (Å²) in [6.45, 7) is 5.79. The molecule has 1 aliphatic carbocycles. The lowest BCUT2D eigenvalue weighted by Crippen LogP contribution is -2.39. The smallest absolute Gasteiger partial charge is 0.222 e. The van der Waals surface area contributed by atoms with Crippen molar-refractivity contribution in [2.24, 2.45) is 4.99 Å². The fraction of sp³-hybridized carbons (Fsp3) is 0.652. The fourth-order valence-corrected chi connectivity index (χ4v) is 4.32. The number of aliphatic imine (C=N–C) groups is 1. The van der Waals surface area contributed by atoms with Crippen molar-refractivity contribution < 1.29 is 9.90 Å². The molecule has 2 aliphatic rings. The van der Waals surface area contributed by atoms with Gasteiger partial charge in [-0.3, -0.25) is 4.79 Å². The Morgan fingerprint density at radius 2 is 1.90 bits per heavy atom. The summed E-state index contributed by atoms with van der Waals surface area (Å²) in [6.07, 6.45) is 9.44. The number of fused-ring (bicyclic) bond motifs is 1. The first-order chi connectivity index (χ1) is 14.2. The Balaban J connectivity index is 0.00000320. The van der Waals surface area contributed by atoms with Crippen LogP contribution in [0.15, 0.2) is 17.1 Å². The molecular formula is C23H37IN4O2. The number of amides is 1. The van der Waals surface area contributed by atoms with Gasteiger partial charge in [0.15, 0.2) is 5.96 Å². The molecule has 1 fully saturated rings. The third kappa shape index (κ3) is 7.03. The predicted molar refractivity (Wildman–Crippen MR) is 133 cm³/mol. The molecule has 0 radical (unpaired) electrons. The second kappa shape index (κ2) is 13.0. The van der Waals surface area contributed by atoms with E-state index in [1.54, 1.807) is 0 Å². The maximum atomic E-state index is 12.1. The maximum absolute atomic E-state index is 12.1. The quantitative estimate of drug-likeness (QED) is 0.218. The number of rotatable bonds is 7. The van der Waals surface area contributed by atoms with Crippen LogP contribution in [0.5, 0.6) is 5.75 Å². The molecule has 0 atom stereocenters. The van der Waals surface area contributed by atoms with Crippen LogP contribution in [0.4, 0.5) is 0 Å². The highest BCUT2D eigenvalue weighted by Gasteiger charge is 2.17. The van der Waals surface area contributed by atoms with Crippen molar-refractivity contribution in [2.45, 2.75) is 71.3 Å². The number of benzene rings is 1. The molecule has 1 aliphatic heterocycles.